The van der Waals surface area contributed by atoms with Gasteiger partial charge in [0.25, 0.3) is 0 Å². The molecule has 60 valence electrons. The Bertz CT molecular complexity index is 95.8. The van der Waals surface area contributed by atoms with Crippen molar-refractivity contribution in [2.75, 3.05) is 5.75 Å². The van der Waals surface area contributed by atoms with Crippen LogP contribution in [0.4, 0.5) is 0 Å². The molecule has 0 aliphatic carbocycles. The summed E-state index contributed by atoms with van der Waals surface area (Å²) in [4.78, 5) is 0. The zero-order valence-corrected chi connectivity index (χ0v) is 8.13. The highest BCUT2D eigenvalue weighted by molar-refractivity contribution is 7.99. The van der Waals surface area contributed by atoms with Crippen LogP contribution in [0, 0.1) is 5.41 Å². The van der Waals surface area contributed by atoms with Gasteiger partial charge in [0, 0.05) is 5.25 Å². The summed E-state index contributed by atoms with van der Waals surface area (Å²) in [5.41, 5.74) is 0.533. The van der Waals surface area contributed by atoms with Gasteiger partial charge in [-0.3, -0.25) is 0 Å². The molecular formula is C9H18S. The van der Waals surface area contributed by atoms with Gasteiger partial charge in [0.05, 0.1) is 0 Å². The van der Waals surface area contributed by atoms with E-state index in [0.717, 1.165) is 5.25 Å². The minimum Gasteiger partial charge on any atom is -0.158 e. The van der Waals surface area contributed by atoms with Crippen LogP contribution in [0.2, 0.25) is 0 Å². The van der Waals surface area contributed by atoms with Gasteiger partial charge < -0.3 is 0 Å². The second-order valence-electron chi connectivity index (χ2n) is 4.22. The summed E-state index contributed by atoms with van der Waals surface area (Å²) in [6, 6.07) is 0. The Kier molecular flexibility index (Phi) is 2.67. The third-order valence-corrected chi connectivity index (χ3v) is 4.02. The minimum absolute atomic E-state index is 0.533. The van der Waals surface area contributed by atoms with Crippen LogP contribution in [0.25, 0.3) is 0 Å². The first kappa shape index (κ1) is 8.45. The lowest BCUT2D eigenvalue weighted by Gasteiger charge is -2.33. The summed E-state index contributed by atoms with van der Waals surface area (Å²) in [5.74, 6) is 1.39. The molecule has 1 rings (SSSR count). The first-order valence-electron chi connectivity index (χ1n) is 4.22. The maximum absolute atomic E-state index is 2.36. The summed E-state index contributed by atoms with van der Waals surface area (Å²) >= 11 is 2.17. The van der Waals surface area contributed by atoms with E-state index in [4.69, 9.17) is 0 Å². The maximum atomic E-state index is 2.36. The quantitative estimate of drug-likeness (QED) is 0.521. The van der Waals surface area contributed by atoms with Crippen molar-refractivity contribution < 1.29 is 0 Å². The standard InChI is InChI=1S/C9H18S/c1-9(2,3)8-6-4-5-7-10-8/h8H,4-7H2,1-3H3/t8-/m1/s1. The molecule has 0 radical (unpaired) electrons. The van der Waals surface area contributed by atoms with Gasteiger partial charge in [0.2, 0.25) is 0 Å². The summed E-state index contributed by atoms with van der Waals surface area (Å²) in [5, 5.41) is 0.918. The predicted molar refractivity (Wildman–Crippen MR) is 49.6 cm³/mol. The molecule has 0 aromatic rings. The molecule has 0 spiro atoms. The average Bonchev–Trinajstić information content (AvgIpc) is 1.88. The normalized spacial score (nSPS) is 28.5. The van der Waals surface area contributed by atoms with Crippen molar-refractivity contribution in [3.8, 4) is 0 Å². The Morgan fingerprint density at radius 2 is 1.90 bits per heavy atom. The molecule has 1 heteroatoms. The van der Waals surface area contributed by atoms with Crippen LogP contribution < -0.4 is 0 Å². The fourth-order valence-corrected chi connectivity index (χ4v) is 2.91. The highest BCUT2D eigenvalue weighted by Gasteiger charge is 2.26. The number of hydrogen-bond acceptors (Lipinski definition) is 1. The topological polar surface area (TPSA) is 0 Å². The van der Waals surface area contributed by atoms with Gasteiger partial charge in [0.15, 0.2) is 0 Å². The molecule has 0 unspecified atom stereocenters. The van der Waals surface area contributed by atoms with E-state index in [1.807, 2.05) is 0 Å². The van der Waals surface area contributed by atoms with Gasteiger partial charge in [-0.25, -0.2) is 0 Å². The van der Waals surface area contributed by atoms with Crippen LogP contribution in [0.5, 0.6) is 0 Å². The highest BCUT2D eigenvalue weighted by atomic mass is 32.2. The van der Waals surface area contributed by atoms with E-state index in [-0.39, 0.29) is 0 Å². The lowest BCUT2D eigenvalue weighted by atomic mass is 9.88. The molecular weight excluding hydrogens is 140 g/mol. The molecule has 0 aromatic heterocycles. The van der Waals surface area contributed by atoms with Gasteiger partial charge in [-0.15, -0.1) is 0 Å². The summed E-state index contributed by atoms with van der Waals surface area (Å²) in [6.45, 7) is 7.07. The zero-order chi connectivity index (χ0) is 7.61. The largest absolute Gasteiger partial charge is 0.158 e. The van der Waals surface area contributed by atoms with Crippen LogP contribution >= 0.6 is 11.8 Å². The lowest BCUT2D eigenvalue weighted by Crippen LogP contribution is -2.25. The predicted octanol–water partition coefficient (Wildman–Crippen LogP) is 3.32. The average molecular weight is 158 g/mol. The number of hydrogen-bond donors (Lipinski definition) is 0. The summed E-state index contributed by atoms with van der Waals surface area (Å²) < 4.78 is 0. The van der Waals surface area contributed by atoms with Crippen LogP contribution in [-0.2, 0) is 0 Å². The van der Waals surface area contributed by atoms with E-state index in [2.05, 4.69) is 32.5 Å². The van der Waals surface area contributed by atoms with E-state index >= 15 is 0 Å². The monoisotopic (exact) mass is 158 g/mol. The van der Waals surface area contributed by atoms with Crippen molar-refractivity contribution in [3.63, 3.8) is 0 Å². The molecule has 1 aliphatic rings. The third kappa shape index (κ3) is 2.19. The molecule has 0 N–H and O–H groups in total. The molecule has 0 nitrogen and oxygen atoms in total. The first-order chi connectivity index (χ1) is 4.61. The summed E-state index contributed by atoms with van der Waals surface area (Å²) in [7, 11) is 0. The molecule has 1 fully saturated rings. The first-order valence-corrected chi connectivity index (χ1v) is 5.27. The van der Waals surface area contributed by atoms with E-state index in [9.17, 15) is 0 Å². The summed E-state index contributed by atoms with van der Waals surface area (Å²) in [6.07, 6.45) is 4.33. The second kappa shape index (κ2) is 3.17. The molecule has 1 atom stereocenters. The molecule has 1 saturated heterocycles. The van der Waals surface area contributed by atoms with Gasteiger partial charge in [-0.1, -0.05) is 27.2 Å². The van der Waals surface area contributed by atoms with Crippen molar-refractivity contribution in [1.29, 1.82) is 0 Å². The Hall–Kier alpha value is 0.350. The Labute approximate surface area is 68.8 Å². The van der Waals surface area contributed by atoms with Crippen molar-refractivity contribution in [1.82, 2.24) is 0 Å². The van der Waals surface area contributed by atoms with Crippen LogP contribution in [0.15, 0.2) is 0 Å². The van der Waals surface area contributed by atoms with Gasteiger partial charge in [-0.2, -0.15) is 11.8 Å². The third-order valence-electron chi connectivity index (χ3n) is 2.15. The van der Waals surface area contributed by atoms with E-state index in [0.29, 0.717) is 5.41 Å². The Morgan fingerprint density at radius 1 is 1.20 bits per heavy atom. The number of thioether (sulfide) groups is 1. The van der Waals surface area contributed by atoms with Gasteiger partial charge >= 0.3 is 0 Å². The van der Waals surface area contributed by atoms with Crippen molar-refractivity contribution in [2.24, 2.45) is 5.41 Å². The fourth-order valence-electron chi connectivity index (χ4n) is 1.42. The highest BCUT2D eigenvalue weighted by Crippen LogP contribution is 2.37. The SMILES string of the molecule is CC(C)(C)[C@H]1CCCCS1. The second-order valence-corrected chi connectivity index (χ2v) is 5.53. The van der Waals surface area contributed by atoms with Crippen LogP contribution in [0.1, 0.15) is 40.0 Å². The molecule has 1 heterocycles. The lowest BCUT2D eigenvalue weighted by molar-refractivity contribution is 0.368. The van der Waals surface area contributed by atoms with Crippen LogP contribution in [-0.4, -0.2) is 11.0 Å². The minimum atomic E-state index is 0.533. The maximum Gasteiger partial charge on any atom is 0.00956 e. The molecule has 0 amide bonds. The molecule has 0 bridgehead atoms. The van der Waals surface area contributed by atoms with E-state index in [1.165, 1.54) is 25.0 Å². The van der Waals surface area contributed by atoms with E-state index < -0.39 is 0 Å². The molecule has 0 aromatic carbocycles. The zero-order valence-electron chi connectivity index (χ0n) is 7.31. The van der Waals surface area contributed by atoms with Crippen molar-refractivity contribution in [3.05, 3.63) is 0 Å². The Balaban J connectivity index is 2.39. The van der Waals surface area contributed by atoms with Crippen molar-refractivity contribution in [2.45, 2.75) is 45.3 Å². The van der Waals surface area contributed by atoms with Crippen molar-refractivity contribution >= 4 is 11.8 Å². The number of rotatable bonds is 0. The molecule has 0 saturated carbocycles. The van der Waals surface area contributed by atoms with Gasteiger partial charge in [0.1, 0.15) is 0 Å². The van der Waals surface area contributed by atoms with Gasteiger partial charge in [-0.05, 0) is 24.0 Å². The Morgan fingerprint density at radius 3 is 2.20 bits per heavy atom. The molecule has 10 heavy (non-hydrogen) atoms. The fraction of sp³-hybridized carbons (Fsp3) is 1.00. The molecule has 1 aliphatic heterocycles. The smallest absolute Gasteiger partial charge is 0.00956 e. The van der Waals surface area contributed by atoms with E-state index in [1.54, 1.807) is 0 Å². The van der Waals surface area contributed by atoms with Crippen LogP contribution in [0.3, 0.4) is 0 Å².